The molecule has 1 aromatic carbocycles. The van der Waals surface area contributed by atoms with Gasteiger partial charge in [0, 0.05) is 0 Å². The summed E-state index contributed by atoms with van der Waals surface area (Å²) in [6, 6.07) is 4.81. The van der Waals surface area contributed by atoms with Crippen LogP contribution in [0.5, 0.6) is 11.5 Å². The second-order valence-corrected chi connectivity index (χ2v) is 5.16. The van der Waals surface area contributed by atoms with E-state index in [4.69, 9.17) is 4.74 Å². The Balaban J connectivity index is 2.82. The number of halogens is 3. The van der Waals surface area contributed by atoms with Gasteiger partial charge in [-0.25, -0.2) is 0 Å². The molecule has 0 heterocycles. The zero-order valence-electron chi connectivity index (χ0n) is 9.56. The minimum absolute atomic E-state index is 0.101. The largest absolute Gasteiger partial charge is 0.534 e. The summed E-state index contributed by atoms with van der Waals surface area (Å²) in [5.41, 5.74) is -5.44. The van der Waals surface area contributed by atoms with Gasteiger partial charge in [0.2, 0.25) is 0 Å². The molecule has 4 nitrogen and oxygen atoms in total. The summed E-state index contributed by atoms with van der Waals surface area (Å²) >= 11 is 0. The van der Waals surface area contributed by atoms with Crippen molar-refractivity contribution in [2.75, 3.05) is 0 Å². The van der Waals surface area contributed by atoms with Gasteiger partial charge >= 0.3 is 15.6 Å². The van der Waals surface area contributed by atoms with Gasteiger partial charge in [0.25, 0.3) is 0 Å². The van der Waals surface area contributed by atoms with Crippen molar-refractivity contribution in [2.24, 2.45) is 0 Å². The maximum absolute atomic E-state index is 12.0. The molecule has 0 atom stereocenters. The number of benzene rings is 1. The third kappa shape index (κ3) is 3.80. The van der Waals surface area contributed by atoms with E-state index >= 15 is 0 Å². The Morgan fingerprint density at radius 2 is 1.50 bits per heavy atom. The molecule has 0 aliphatic rings. The highest BCUT2D eigenvalue weighted by molar-refractivity contribution is 7.87. The quantitative estimate of drug-likeness (QED) is 0.630. The molecule has 0 spiro atoms. The molecule has 0 bridgehead atoms. The maximum Gasteiger partial charge on any atom is 0.534 e. The molecule has 0 aliphatic carbocycles. The van der Waals surface area contributed by atoms with Gasteiger partial charge in [-0.1, -0.05) is 0 Å². The van der Waals surface area contributed by atoms with Crippen LogP contribution in [0.25, 0.3) is 0 Å². The van der Waals surface area contributed by atoms with Gasteiger partial charge < -0.3 is 8.92 Å². The predicted molar refractivity (Wildman–Crippen MR) is 57.8 cm³/mol. The average molecular weight is 284 g/mol. The van der Waals surface area contributed by atoms with E-state index in [1.165, 1.54) is 12.1 Å². The molecule has 0 unspecified atom stereocenters. The molecule has 0 N–H and O–H groups in total. The second-order valence-electron chi connectivity index (χ2n) is 3.62. The van der Waals surface area contributed by atoms with Crippen molar-refractivity contribution in [3.05, 3.63) is 24.3 Å². The summed E-state index contributed by atoms with van der Waals surface area (Å²) < 4.78 is 66.7. The minimum Gasteiger partial charge on any atom is -0.491 e. The lowest BCUT2D eigenvalue weighted by molar-refractivity contribution is -0.0500. The SMILES string of the molecule is CC(C)Oc1ccc(OS(=O)(=O)C(F)(F)F)cc1. The highest BCUT2D eigenvalue weighted by Crippen LogP contribution is 2.27. The Labute approximate surface area is 102 Å². The average Bonchev–Trinajstić information content (AvgIpc) is 2.18. The van der Waals surface area contributed by atoms with Gasteiger partial charge in [-0.05, 0) is 38.1 Å². The lowest BCUT2D eigenvalue weighted by Crippen LogP contribution is -2.28. The van der Waals surface area contributed by atoms with Crippen molar-refractivity contribution in [3.8, 4) is 11.5 Å². The third-order valence-corrected chi connectivity index (χ3v) is 2.66. The highest BCUT2D eigenvalue weighted by Gasteiger charge is 2.48. The van der Waals surface area contributed by atoms with E-state index in [0.717, 1.165) is 12.1 Å². The van der Waals surface area contributed by atoms with E-state index in [-0.39, 0.29) is 6.10 Å². The predicted octanol–water partition coefficient (Wildman–Crippen LogP) is 2.70. The van der Waals surface area contributed by atoms with E-state index < -0.39 is 21.4 Å². The molecule has 0 saturated carbocycles. The first-order valence-corrected chi connectivity index (χ1v) is 6.30. The van der Waals surface area contributed by atoms with E-state index in [9.17, 15) is 21.6 Å². The van der Waals surface area contributed by atoms with E-state index in [0.29, 0.717) is 5.75 Å². The van der Waals surface area contributed by atoms with Crippen LogP contribution in [-0.2, 0) is 10.1 Å². The summed E-state index contributed by atoms with van der Waals surface area (Å²) in [5, 5.41) is 0. The van der Waals surface area contributed by atoms with Gasteiger partial charge in [-0.3, -0.25) is 0 Å². The van der Waals surface area contributed by atoms with Crippen LogP contribution in [0.1, 0.15) is 13.8 Å². The first kappa shape index (κ1) is 14.6. The fourth-order valence-corrected chi connectivity index (χ4v) is 1.48. The van der Waals surface area contributed by atoms with Crippen LogP contribution in [0.4, 0.5) is 13.2 Å². The van der Waals surface area contributed by atoms with Crippen LogP contribution in [-0.4, -0.2) is 20.0 Å². The standard InChI is InChI=1S/C10H11F3O4S/c1-7(2)16-8-3-5-9(6-4-8)17-18(14,15)10(11,12)13/h3-7H,1-2H3. The van der Waals surface area contributed by atoms with Crippen LogP contribution >= 0.6 is 0 Å². The van der Waals surface area contributed by atoms with Crippen molar-refractivity contribution in [1.29, 1.82) is 0 Å². The molecule has 8 heteroatoms. The van der Waals surface area contributed by atoms with Gasteiger partial charge in [-0.15, -0.1) is 0 Å². The molecule has 0 fully saturated rings. The Kier molecular flexibility index (Phi) is 4.10. The fraction of sp³-hybridized carbons (Fsp3) is 0.400. The molecule has 1 rings (SSSR count). The van der Waals surface area contributed by atoms with Crippen LogP contribution in [0.2, 0.25) is 0 Å². The van der Waals surface area contributed by atoms with Gasteiger partial charge in [0.15, 0.2) is 0 Å². The van der Waals surface area contributed by atoms with Crippen molar-refractivity contribution >= 4 is 10.1 Å². The van der Waals surface area contributed by atoms with Gasteiger partial charge in [-0.2, -0.15) is 21.6 Å². The Hall–Kier alpha value is -1.44. The molecule has 18 heavy (non-hydrogen) atoms. The number of hydrogen-bond donors (Lipinski definition) is 0. The highest BCUT2D eigenvalue weighted by atomic mass is 32.2. The second kappa shape index (κ2) is 5.05. The van der Waals surface area contributed by atoms with Crippen LogP contribution in [0.3, 0.4) is 0 Å². The summed E-state index contributed by atoms with van der Waals surface area (Å²) in [7, 11) is -5.63. The van der Waals surface area contributed by atoms with Crippen molar-refractivity contribution in [1.82, 2.24) is 0 Å². The number of rotatable bonds is 4. The van der Waals surface area contributed by atoms with Crippen molar-refractivity contribution in [2.45, 2.75) is 25.5 Å². The zero-order chi connectivity index (χ0) is 14.0. The van der Waals surface area contributed by atoms with E-state index in [1.54, 1.807) is 13.8 Å². The van der Waals surface area contributed by atoms with E-state index in [1.807, 2.05) is 0 Å². The number of alkyl halides is 3. The zero-order valence-corrected chi connectivity index (χ0v) is 10.4. The molecule has 0 aromatic heterocycles. The molecular weight excluding hydrogens is 273 g/mol. The fourth-order valence-electron chi connectivity index (χ4n) is 1.02. The van der Waals surface area contributed by atoms with Crippen molar-refractivity contribution in [3.63, 3.8) is 0 Å². The first-order valence-electron chi connectivity index (χ1n) is 4.89. The minimum atomic E-state index is -5.63. The monoisotopic (exact) mass is 284 g/mol. The lowest BCUT2D eigenvalue weighted by Gasteiger charge is -2.11. The summed E-state index contributed by atoms with van der Waals surface area (Å²) in [4.78, 5) is 0. The lowest BCUT2D eigenvalue weighted by atomic mass is 10.3. The molecule has 0 saturated heterocycles. The van der Waals surface area contributed by atoms with Gasteiger partial charge in [0.1, 0.15) is 11.5 Å². The molecule has 0 radical (unpaired) electrons. The summed E-state index contributed by atoms with van der Waals surface area (Å²) in [6.45, 7) is 3.55. The Bertz CT molecular complexity index is 491. The Morgan fingerprint density at radius 1 is 1.06 bits per heavy atom. The third-order valence-electron chi connectivity index (χ3n) is 1.68. The number of hydrogen-bond acceptors (Lipinski definition) is 4. The summed E-state index contributed by atoms with van der Waals surface area (Å²) in [6.07, 6.45) is -0.101. The maximum atomic E-state index is 12.0. The van der Waals surface area contributed by atoms with E-state index in [2.05, 4.69) is 4.18 Å². The Morgan fingerprint density at radius 3 is 1.89 bits per heavy atom. The molecule has 1 aromatic rings. The molecular formula is C10H11F3O4S. The smallest absolute Gasteiger partial charge is 0.491 e. The molecule has 0 amide bonds. The number of ether oxygens (including phenoxy) is 1. The normalized spacial score (nSPS) is 12.6. The van der Waals surface area contributed by atoms with Crippen LogP contribution in [0, 0.1) is 0 Å². The van der Waals surface area contributed by atoms with Crippen LogP contribution in [0.15, 0.2) is 24.3 Å². The first-order chi connectivity index (χ1) is 8.12. The van der Waals surface area contributed by atoms with Gasteiger partial charge in [0.05, 0.1) is 6.10 Å². The van der Waals surface area contributed by atoms with Crippen LogP contribution < -0.4 is 8.92 Å². The van der Waals surface area contributed by atoms with Crippen molar-refractivity contribution < 1.29 is 30.5 Å². The molecule has 0 aliphatic heterocycles. The topological polar surface area (TPSA) is 52.6 Å². The summed E-state index contributed by atoms with van der Waals surface area (Å²) in [5.74, 6) is -0.0230. The molecule has 102 valence electrons.